The predicted octanol–water partition coefficient (Wildman–Crippen LogP) is 3.84. The highest BCUT2D eigenvalue weighted by Gasteiger charge is 2.33. The van der Waals surface area contributed by atoms with Gasteiger partial charge in [-0.25, -0.2) is 4.79 Å². The van der Waals surface area contributed by atoms with E-state index in [4.69, 9.17) is 27.5 Å². The molecule has 3 rings (SSSR count). The van der Waals surface area contributed by atoms with Crippen LogP contribution in [-0.4, -0.2) is 30.1 Å². The van der Waals surface area contributed by atoms with Gasteiger partial charge in [0.2, 0.25) is 0 Å². The van der Waals surface area contributed by atoms with Crippen LogP contribution in [0.2, 0.25) is 5.02 Å². The van der Waals surface area contributed by atoms with Crippen LogP contribution in [0.5, 0.6) is 11.5 Å². The van der Waals surface area contributed by atoms with Crippen molar-refractivity contribution in [3.05, 3.63) is 64.3 Å². The molecule has 1 heterocycles. The Bertz CT molecular complexity index is 996. The monoisotopic (exact) mass is 410 g/mol. The Kier molecular flexibility index (Phi) is 6.43. The van der Waals surface area contributed by atoms with E-state index in [1.54, 1.807) is 18.2 Å². The molecule has 148 valence electrons. The molecule has 0 atom stereocenters. The number of hydrogen-bond acceptors (Lipinski definition) is 4. The molecule has 1 fully saturated rings. The van der Waals surface area contributed by atoms with Crippen LogP contribution in [0.3, 0.4) is 0 Å². The third-order valence-electron chi connectivity index (χ3n) is 4.09. The molecule has 1 aliphatic heterocycles. The first-order chi connectivity index (χ1) is 14.0. The van der Waals surface area contributed by atoms with Gasteiger partial charge in [0.1, 0.15) is 12.3 Å². The number of amides is 3. The fraction of sp³-hybridized carbons (Fsp3) is 0.182. The van der Waals surface area contributed by atoms with E-state index >= 15 is 0 Å². The van der Waals surface area contributed by atoms with Crippen molar-refractivity contribution in [1.82, 2.24) is 10.2 Å². The molecule has 2 aromatic rings. The summed E-state index contributed by atoms with van der Waals surface area (Å²) in [6, 6.07) is 12.1. The van der Waals surface area contributed by atoms with Crippen molar-refractivity contribution >= 4 is 29.6 Å². The van der Waals surface area contributed by atoms with E-state index < -0.39 is 11.9 Å². The standard InChI is InChI=1S/C22H19ClN2O4/c1-3-10-29-20-17(23)11-16(13-19(20)28-4-2)12-18-21(26)25(22(27)24-18)14-15-8-6-5-7-9-15/h1,5-9,11-13H,4,10,14H2,2H3,(H,24,27)/b18-12+. The Labute approximate surface area is 174 Å². The summed E-state index contributed by atoms with van der Waals surface area (Å²) in [7, 11) is 0. The second kappa shape index (κ2) is 9.18. The van der Waals surface area contributed by atoms with Crippen molar-refractivity contribution in [3.63, 3.8) is 0 Å². The van der Waals surface area contributed by atoms with E-state index in [1.807, 2.05) is 37.3 Å². The minimum atomic E-state index is -0.477. The van der Waals surface area contributed by atoms with Gasteiger partial charge < -0.3 is 14.8 Å². The lowest BCUT2D eigenvalue weighted by Gasteiger charge is -2.13. The largest absolute Gasteiger partial charge is 0.490 e. The van der Waals surface area contributed by atoms with Crippen LogP contribution in [0.1, 0.15) is 18.1 Å². The summed E-state index contributed by atoms with van der Waals surface area (Å²) < 4.78 is 11.0. The molecule has 7 heteroatoms. The minimum absolute atomic E-state index is 0.0449. The number of halogens is 1. The summed E-state index contributed by atoms with van der Waals surface area (Å²) in [5, 5.41) is 2.89. The van der Waals surface area contributed by atoms with Crippen LogP contribution in [0.25, 0.3) is 6.08 Å². The zero-order valence-electron chi connectivity index (χ0n) is 15.8. The number of hydrogen-bond donors (Lipinski definition) is 1. The average Bonchev–Trinajstić information content (AvgIpc) is 2.96. The van der Waals surface area contributed by atoms with Gasteiger partial charge in [-0.15, -0.1) is 6.42 Å². The highest BCUT2D eigenvalue weighted by atomic mass is 35.5. The molecule has 2 aromatic carbocycles. The molecule has 1 aliphatic rings. The molecule has 0 radical (unpaired) electrons. The van der Waals surface area contributed by atoms with Crippen molar-refractivity contribution in [3.8, 4) is 23.8 Å². The number of benzene rings is 2. The number of carbonyl (C=O) groups excluding carboxylic acids is 2. The Hall–Kier alpha value is -3.43. The summed E-state index contributed by atoms with van der Waals surface area (Å²) in [4.78, 5) is 26.1. The van der Waals surface area contributed by atoms with E-state index in [-0.39, 0.29) is 23.9 Å². The Morgan fingerprint density at radius 1 is 1.21 bits per heavy atom. The second-order valence-corrected chi connectivity index (χ2v) is 6.53. The van der Waals surface area contributed by atoms with Crippen LogP contribution in [0.15, 0.2) is 48.2 Å². The quantitative estimate of drug-likeness (QED) is 0.428. The van der Waals surface area contributed by atoms with Crippen molar-refractivity contribution in [1.29, 1.82) is 0 Å². The van der Waals surface area contributed by atoms with Crippen LogP contribution in [0.4, 0.5) is 4.79 Å². The second-order valence-electron chi connectivity index (χ2n) is 6.12. The summed E-state index contributed by atoms with van der Waals surface area (Å²) in [5.41, 5.74) is 1.59. The maximum absolute atomic E-state index is 12.7. The zero-order chi connectivity index (χ0) is 20.8. The molecule has 0 aromatic heterocycles. The van der Waals surface area contributed by atoms with Gasteiger partial charge in [0.05, 0.1) is 18.2 Å². The van der Waals surface area contributed by atoms with Crippen LogP contribution < -0.4 is 14.8 Å². The van der Waals surface area contributed by atoms with Crippen molar-refractivity contribution in [2.75, 3.05) is 13.2 Å². The van der Waals surface area contributed by atoms with Crippen LogP contribution >= 0.6 is 11.6 Å². The lowest BCUT2D eigenvalue weighted by molar-refractivity contribution is -0.123. The SMILES string of the molecule is C#CCOc1c(Cl)cc(/C=C2/NC(=O)N(Cc3ccccc3)C2=O)cc1OCC. The van der Waals surface area contributed by atoms with Crippen molar-refractivity contribution < 1.29 is 19.1 Å². The number of nitrogens with zero attached hydrogens (tertiary/aromatic N) is 1. The predicted molar refractivity (Wildman–Crippen MR) is 110 cm³/mol. The van der Waals surface area contributed by atoms with E-state index in [2.05, 4.69) is 11.2 Å². The Morgan fingerprint density at radius 3 is 2.66 bits per heavy atom. The highest BCUT2D eigenvalue weighted by Crippen LogP contribution is 2.37. The van der Waals surface area contributed by atoms with E-state index in [9.17, 15) is 9.59 Å². The fourth-order valence-electron chi connectivity index (χ4n) is 2.84. The number of urea groups is 1. The fourth-order valence-corrected chi connectivity index (χ4v) is 3.11. The Morgan fingerprint density at radius 2 is 1.97 bits per heavy atom. The Balaban J connectivity index is 1.86. The molecule has 6 nitrogen and oxygen atoms in total. The lowest BCUT2D eigenvalue weighted by atomic mass is 10.1. The van der Waals surface area contributed by atoms with Gasteiger partial charge in [-0.1, -0.05) is 47.9 Å². The summed E-state index contributed by atoms with van der Waals surface area (Å²) in [6.45, 7) is 2.45. The summed E-state index contributed by atoms with van der Waals surface area (Å²) in [5.74, 6) is 2.70. The first kappa shape index (κ1) is 20.3. The maximum atomic E-state index is 12.7. The normalized spacial score (nSPS) is 14.7. The van der Waals surface area contributed by atoms with Gasteiger partial charge in [-0.3, -0.25) is 9.69 Å². The number of carbonyl (C=O) groups is 2. The third kappa shape index (κ3) is 4.71. The van der Waals surface area contributed by atoms with Gasteiger partial charge in [0.15, 0.2) is 11.5 Å². The number of ether oxygens (including phenoxy) is 2. The molecular formula is C22H19ClN2O4. The van der Waals surface area contributed by atoms with Gasteiger partial charge in [0.25, 0.3) is 5.91 Å². The third-order valence-corrected chi connectivity index (χ3v) is 4.37. The first-order valence-corrected chi connectivity index (χ1v) is 9.32. The molecular weight excluding hydrogens is 392 g/mol. The van der Waals surface area contributed by atoms with Crippen LogP contribution in [0, 0.1) is 12.3 Å². The minimum Gasteiger partial charge on any atom is -0.490 e. The first-order valence-electron chi connectivity index (χ1n) is 8.94. The van der Waals surface area contributed by atoms with Gasteiger partial charge >= 0.3 is 6.03 Å². The molecule has 0 bridgehead atoms. The van der Waals surface area contributed by atoms with E-state index in [0.717, 1.165) is 10.5 Å². The topological polar surface area (TPSA) is 67.9 Å². The summed E-state index contributed by atoms with van der Waals surface area (Å²) in [6.07, 6.45) is 6.78. The van der Waals surface area contributed by atoms with Gasteiger partial charge in [-0.05, 0) is 36.3 Å². The smallest absolute Gasteiger partial charge is 0.329 e. The molecule has 0 saturated carbocycles. The number of imide groups is 1. The number of terminal acetylenes is 1. The average molecular weight is 411 g/mol. The summed E-state index contributed by atoms with van der Waals surface area (Å²) >= 11 is 6.31. The van der Waals surface area contributed by atoms with E-state index in [0.29, 0.717) is 23.7 Å². The number of rotatable bonds is 7. The van der Waals surface area contributed by atoms with Gasteiger partial charge in [-0.2, -0.15) is 0 Å². The lowest BCUT2D eigenvalue weighted by Crippen LogP contribution is -2.30. The zero-order valence-corrected chi connectivity index (χ0v) is 16.5. The van der Waals surface area contributed by atoms with E-state index in [1.165, 1.54) is 0 Å². The number of nitrogens with one attached hydrogen (secondary N) is 1. The van der Waals surface area contributed by atoms with Crippen LogP contribution in [-0.2, 0) is 11.3 Å². The molecule has 29 heavy (non-hydrogen) atoms. The maximum Gasteiger partial charge on any atom is 0.329 e. The molecule has 1 saturated heterocycles. The van der Waals surface area contributed by atoms with Crippen molar-refractivity contribution in [2.24, 2.45) is 0 Å². The molecule has 0 spiro atoms. The molecule has 3 amide bonds. The molecule has 0 unspecified atom stereocenters. The van der Waals surface area contributed by atoms with Gasteiger partial charge in [0, 0.05) is 0 Å². The molecule has 1 N–H and O–H groups in total. The molecule has 0 aliphatic carbocycles. The van der Waals surface area contributed by atoms with Crippen molar-refractivity contribution in [2.45, 2.75) is 13.5 Å². The highest BCUT2D eigenvalue weighted by molar-refractivity contribution is 6.32.